The molecule has 2 heterocycles. The van der Waals surface area contributed by atoms with Crippen LogP contribution < -0.4 is 5.32 Å². The van der Waals surface area contributed by atoms with Crippen molar-refractivity contribution >= 4 is 51.8 Å². The molecule has 2 aromatic rings. The van der Waals surface area contributed by atoms with Gasteiger partial charge in [-0.1, -0.05) is 23.7 Å². The zero-order valence-corrected chi connectivity index (χ0v) is 22.5. The lowest BCUT2D eigenvalue weighted by molar-refractivity contribution is -0.151. The standard InChI is InChI=1S/C25H31ClN4O6S/c1-3-36-24(34)17-8-10-29(11-9-17)22(32)14-18-16-37-25(27-18)28-21(31)15-30(12-13-35-2)23(33)19-6-4-5-7-20(19)26/h4-7,16-17H,3,8-15H2,1-2H3,(H,27,28,31). The van der Waals surface area contributed by atoms with Gasteiger partial charge < -0.3 is 24.6 Å². The summed E-state index contributed by atoms with van der Waals surface area (Å²) in [5.41, 5.74) is 0.843. The zero-order valence-electron chi connectivity index (χ0n) is 20.9. The van der Waals surface area contributed by atoms with E-state index in [2.05, 4.69) is 10.3 Å². The van der Waals surface area contributed by atoms with Crippen molar-refractivity contribution in [2.24, 2.45) is 5.92 Å². The fourth-order valence-electron chi connectivity index (χ4n) is 3.93. The van der Waals surface area contributed by atoms with E-state index in [1.807, 2.05) is 0 Å². The number of rotatable bonds is 11. The molecule has 0 spiro atoms. The van der Waals surface area contributed by atoms with Crippen molar-refractivity contribution in [1.82, 2.24) is 14.8 Å². The summed E-state index contributed by atoms with van der Waals surface area (Å²) in [6.45, 7) is 3.36. The summed E-state index contributed by atoms with van der Waals surface area (Å²) in [5, 5.41) is 5.06. The molecule has 0 bridgehead atoms. The van der Waals surface area contributed by atoms with Gasteiger partial charge in [0.05, 0.1) is 41.8 Å². The summed E-state index contributed by atoms with van der Waals surface area (Å²) in [5.74, 6) is -1.26. The van der Waals surface area contributed by atoms with Gasteiger partial charge in [-0.2, -0.15) is 0 Å². The Morgan fingerprint density at radius 1 is 1.22 bits per heavy atom. The number of ether oxygens (including phenoxy) is 2. The molecule has 3 amide bonds. The van der Waals surface area contributed by atoms with Gasteiger partial charge in [0.25, 0.3) is 5.91 Å². The van der Waals surface area contributed by atoms with Crippen LogP contribution in [0.1, 0.15) is 35.8 Å². The Kier molecular flexibility index (Phi) is 10.8. The van der Waals surface area contributed by atoms with Gasteiger partial charge in [0.2, 0.25) is 11.8 Å². The second-order valence-corrected chi connectivity index (χ2v) is 9.74. The van der Waals surface area contributed by atoms with E-state index in [4.69, 9.17) is 21.1 Å². The number of hydrogen-bond acceptors (Lipinski definition) is 8. The van der Waals surface area contributed by atoms with E-state index in [-0.39, 0.29) is 49.8 Å². The van der Waals surface area contributed by atoms with Gasteiger partial charge in [0.1, 0.15) is 6.54 Å². The average molecular weight is 551 g/mol. The molecule has 12 heteroatoms. The molecule has 10 nitrogen and oxygen atoms in total. The normalized spacial score (nSPS) is 13.8. The van der Waals surface area contributed by atoms with Crippen molar-refractivity contribution in [3.8, 4) is 0 Å². The highest BCUT2D eigenvalue weighted by Gasteiger charge is 2.28. The van der Waals surface area contributed by atoms with Crippen LogP contribution >= 0.6 is 22.9 Å². The molecule has 1 aromatic heterocycles. The van der Waals surface area contributed by atoms with Crippen molar-refractivity contribution in [2.45, 2.75) is 26.2 Å². The van der Waals surface area contributed by atoms with Crippen molar-refractivity contribution in [2.75, 3.05) is 51.8 Å². The quantitative estimate of drug-likeness (QED) is 0.427. The molecule has 1 aromatic carbocycles. The van der Waals surface area contributed by atoms with Crippen LogP contribution in [-0.2, 0) is 30.3 Å². The molecule has 1 saturated heterocycles. The van der Waals surface area contributed by atoms with Gasteiger partial charge in [0.15, 0.2) is 5.13 Å². The molecule has 0 radical (unpaired) electrons. The molecule has 0 unspecified atom stereocenters. The first-order valence-corrected chi connectivity index (χ1v) is 13.3. The van der Waals surface area contributed by atoms with Gasteiger partial charge in [-0.05, 0) is 31.9 Å². The summed E-state index contributed by atoms with van der Waals surface area (Å²) >= 11 is 7.36. The van der Waals surface area contributed by atoms with Gasteiger partial charge >= 0.3 is 5.97 Å². The van der Waals surface area contributed by atoms with Gasteiger partial charge in [0, 0.05) is 32.1 Å². The number of nitrogens with one attached hydrogen (secondary N) is 1. The van der Waals surface area contributed by atoms with Crippen LogP contribution in [0, 0.1) is 5.92 Å². The van der Waals surface area contributed by atoms with Crippen molar-refractivity contribution < 1.29 is 28.7 Å². The number of esters is 1. The largest absolute Gasteiger partial charge is 0.466 e. The Balaban J connectivity index is 1.52. The summed E-state index contributed by atoms with van der Waals surface area (Å²) in [7, 11) is 1.51. The molecule has 200 valence electrons. The third-order valence-corrected chi connectivity index (χ3v) is 7.03. The number of carbonyl (C=O) groups is 4. The minimum atomic E-state index is -0.426. The fraction of sp³-hybridized carbons (Fsp3) is 0.480. The average Bonchev–Trinajstić information content (AvgIpc) is 3.32. The van der Waals surface area contributed by atoms with E-state index >= 15 is 0 Å². The smallest absolute Gasteiger partial charge is 0.309 e. The van der Waals surface area contributed by atoms with Crippen LogP contribution in [-0.4, -0.2) is 85.0 Å². The molecule has 0 atom stereocenters. The number of anilines is 1. The number of methoxy groups -OCH3 is 1. The molecule has 3 rings (SSSR count). The summed E-state index contributed by atoms with van der Waals surface area (Å²) in [6.07, 6.45) is 1.26. The fourth-order valence-corrected chi connectivity index (χ4v) is 4.87. The number of likely N-dealkylation sites (tertiary alicyclic amines) is 1. The maximum Gasteiger partial charge on any atom is 0.309 e. The highest BCUT2D eigenvalue weighted by Crippen LogP contribution is 2.21. The van der Waals surface area contributed by atoms with Gasteiger partial charge in [-0.25, -0.2) is 4.98 Å². The van der Waals surface area contributed by atoms with Gasteiger partial charge in [-0.3, -0.25) is 19.2 Å². The Labute approximate surface area is 224 Å². The number of piperidine rings is 1. The molecule has 1 fully saturated rings. The molecular formula is C25H31ClN4O6S. The van der Waals surface area contributed by atoms with E-state index in [0.29, 0.717) is 53.9 Å². The van der Waals surface area contributed by atoms with E-state index in [1.165, 1.54) is 23.3 Å². The minimum Gasteiger partial charge on any atom is -0.466 e. The topological polar surface area (TPSA) is 118 Å². The Hall–Kier alpha value is -3.02. The maximum absolute atomic E-state index is 13.0. The predicted molar refractivity (Wildman–Crippen MR) is 140 cm³/mol. The lowest BCUT2D eigenvalue weighted by Crippen LogP contribution is -2.41. The Morgan fingerprint density at radius 3 is 2.62 bits per heavy atom. The highest BCUT2D eigenvalue weighted by atomic mass is 35.5. The molecule has 1 N–H and O–H groups in total. The van der Waals surface area contributed by atoms with Crippen molar-refractivity contribution in [3.05, 3.63) is 45.9 Å². The van der Waals surface area contributed by atoms with E-state index in [0.717, 1.165) is 0 Å². The Morgan fingerprint density at radius 2 is 1.95 bits per heavy atom. The summed E-state index contributed by atoms with van der Waals surface area (Å²) < 4.78 is 10.2. The van der Waals surface area contributed by atoms with Crippen molar-refractivity contribution in [3.63, 3.8) is 0 Å². The monoisotopic (exact) mass is 550 g/mol. The first-order chi connectivity index (χ1) is 17.8. The van der Waals surface area contributed by atoms with Crippen LogP contribution in [0.5, 0.6) is 0 Å². The first-order valence-electron chi connectivity index (χ1n) is 12.0. The molecule has 37 heavy (non-hydrogen) atoms. The molecule has 0 saturated carbocycles. The maximum atomic E-state index is 13.0. The van der Waals surface area contributed by atoms with Crippen molar-refractivity contribution in [1.29, 1.82) is 0 Å². The second-order valence-electron chi connectivity index (χ2n) is 8.48. The lowest BCUT2D eigenvalue weighted by atomic mass is 9.97. The number of hydrogen-bond donors (Lipinski definition) is 1. The molecule has 1 aliphatic rings. The van der Waals surface area contributed by atoms with Crippen LogP contribution in [0.25, 0.3) is 0 Å². The lowest BCUT2D eigenvalue weighted by Gasteiger charge is -2.30. The van der Waals surface area contributed by atoms with E-state index in [9.17, 15) is 19.2 Å². The summed E-state index contributed by atoms with van der Waals surface area (Å²) in [6, 6.07) is 6.65. The molecule has 0 aliphatic carbocycles. The molecular weight excluding hydrogens is 520 g/mol. The number of nitrogens with zero attached hydrogens (tertiary/aromatic N) is 3. The first kappa shape index (κ1) is 28.5. The zero-order chi connectivity index (χ0) is 26.8. The van der Waals surface area contributed by atoms with Gasteiger partial charge in [-0.15, -0.1) is 11.3 Å². The Bertz CT molecular complexity index is 1100. The summed E-state index contributed by atoms with van der Waals surface area (Å²) in [4.78, 5) is 57.7. The van der Waals surface area contributed by atoms with Crippen LogP contribution in [0.15, 0.2) is 29.6 Å². The number of benzene rings is 1. The SMILES string of the molecule is CCOC(=O)C1CCN(C(=O)Cc2csc(NC(=O)CN(CCOC)C(=O)c3ccccc3Cl)n2)CC1. The number of carbonyl (C=O) groups excluding carboxylic acids is 4. The minimum absolute atomic E-state index is 0.0819. The third-order valence-electron chi connectivity index (χ3n) is 5.89. The van der Waals surface area contributed by atoms with E-state index < -0.39 is 5.91 Å². The third kappa shape index (κ3) is 8.24. The number of aromatic nitrogens is 1. The molecule has 1 aliphatic heterocycles. The highest BCUT2D eigenvalue weighted by molar-refractivity contribution is 7.13. The van der Waals surface area contributed by atoms with Crippen LogP contribution in [0.3, 0.4) is 0 Å². The second kappa shape index (κ2) is 14.1. The predicted octanol–water partition coefficient (Wildman–Crippen LogP) is 2.87. The van der Waals surface area contributed by atoms with E-state index in [1.54, 1.807) is 41.5 Å². The number of amides is 3. The van der Waals surface area contributed by atoms with Crippen LogP contribution in [0.2, 0.25) is 5.02 Å². The number of thiazole rings is 1. The number of halogens is 1. The van der Waals surface area contributed by atoms with Crippen LogP contribution in [0.4, 0.5) is 5.13 Å².